The lowest BCUT2D eigenvalue weighted by atomic mass is 9.89. The number of methoxy groups -OCH3 is 2. The van der Waals surface area contributed by atoms with E-state index in [4.69, 9.17) is 24.8 Å². The number of likely N-dealkylation sites (N-methyl/N-ethyl adjacent to an activating group) is 2. The minimum absolute atomic E-state index is 0.00232. The van der Waals surface area contributed by atoms with E-state index in [0.29, 0.717) is 47.6 Å². The van der Waals surface area contributed by atoms with Crippen molar-refractivity contribution in [3.8, 4) is 0 Å². The van der Waals surface area contributed by atoms with E-state index in [2.05, 4.69) is 36.9 Å². The number of amides is 12. The monoisotopic (exact) mass is 1420 g/mol. The second-order valence-corrected chi connectivity index (χ2v) is 27.1. The highest BCUT2D eigenvalue weighted by Crippen LogP contribution is 2.31. The SMILES string of the molecule is CC[C@H](C)[C@@H]([C@@H](CC(=O)N1CCC[C@H]1[C@H](OC)[C@@H](C)C(=O)N[C@H](C)[C@@H](O)c1ccccc1)OC)N(C)C(=O)[C@@H](NC(=O)[C@H](C(C)C)N(C)C(=O)OCc1ccc(NC(=O)[C@H](CCCNC(N)=O)NC(=O)[C@@H](Cc2c[nH]c3ccccc23)NC(=O)CCCC(=O)ON2C(=O)CCC2=O)cc1)C(C)C. The van der Waals surface area contributed by atoms with E-state index in [1.54, 1.807) is 96.1 Å². The Morgan fingerprint density at radius 2 is 1.40 bits per heavy atom. The molecule has 29 nitrogen and oxygen atoms in total. The van der Waals surface area contributed by atoms with E-state index in [9.17, 15) is 62.6 Å². The van der Waals surface area contributed by atoms with Crippen LogP contribution in [0.1, 0.15) is 149 Å². The van der Waals surface area contributed by atoms with E-state index in [1.165, 1.54) is 26.2 Å². The number of anilines is 1. The van der Waals surface area contributed by atoms with Crippen molar-refractivity contribution in [3.63, 3.8) is 0 Å². The Hall–Kier alpha value is -9.48. The molecule has 2 aliphatic heterocycles. The summed E-state index contributed by atoms with van der Waals surface area (Å²) in [7, 11) is 6.05. The molecule has 1 aromatic heterocycles. The number of fused-ring (bicyclic) bond motifs is 1. The summed E-state index contributed by atoms with van der Waals surface area (Å²) in [4.78, 5) is 174. The van der Waals surface area contributed by atoms with Crippen LogP contribution in [0.25, 0.3) is 10.9 Å². The van der Waals surface area contributed by atoms with Crippen molar-refractivity contribution in [2.45, 2.75) is 200 Å². The van der Waals surface area contributed by atoms with Crippen LogP contribution in [0, 0.1) is 23.7 Å². The van der Waals surface area contributed by atoms with E-state index in [-0.39, 0.29) is 94.4 Å². The molecule has 12 atom stereocenters. The van der Waals surface area contributed by atoms with Crippen LogP contribution in [0.2, 0.25) is 0 Å². The highest BCUT2D eigenvalue weighted by molar-refractivity contribution is 6.02. The number of nitrogens with zero attached hydrogens (tertiary/aromatic N) is 4. The summed E-state index contributed by atoms with van der Waals surface area (Å²) in [5, 5.41) is 28.8. The smallest absolute Gasteiger partial charge is 0.410 e. The van der Waals surface area contributed by atoms with Gasteiger partial charge < -0.3 is 76.6 Å². The van der Waals surface area contributed by atoms with Crippen LogP contribution in [0.15, 0.2) is 85.1 Å². The molecule has 0 saturated carbocycles. The number of likely N-dealkylation sites (tertiary alicyclic amines) is 1. The molecule has 3 aromatic carbocycles. The van der Waals surface area contributed by atoms with Crippen LogP contribution in [-0.2, 0) is 80.0 Å². The number of imide groups is 1. The van der Waals surface area contributed by atoms with Crippen molar-refractivity contribution in [2.24, 2.45) is 29.4 Å². The number of hydrogen-bond donors (Lipinski definition) is 9. The maximum absolute atomic E-state index is 14.9. The highest BCUT2D eigenvalue weighted by Gasteiger charge is 2.44. The second kappa shape index (κ2) is 39.1. The summed E-state index contributed by atoms with van der Waals surface area (Å²) in [6.07, 6.45) is -0.444. The molecule has 29 heteroatoms. The van der Waals surface area contributed by atoms with Crippen LogP contribution in [0.3, 0.4) is 0 Å². The number of ether oxygens (including phenoxy) is 3. The van der Waals surface area contributed by atoms with Gasteiger partial charge in [0.2, 0.25) is 41.4 Å². The quantitative estimate of drug-likeness (QED) is 0.0199. The molecule has 6 rings (SSSR count). The number of hydroxylamine groups is 2. The topological polar surface area (TPSA) is 389 Å². The number of H-pyrrole nitrogens is 1. The first-order chi connectivity index (χ1) is 48.5. The minimum atomic E-state index is -1.25. The standard InChI is InChI=1S/C73H104N12O17/c1-13-44(6)64(56(99-11)39-60(89)84-37-21-27-55(84)66(100-12)45(7)67(92)77-46(8)65(91)48-22-15-14-16-23-48)82(9)71(96)62(42(2)3)81-70(95)63(43(4)5)83(10)73(98)101-41-47-30-32-50(33-31-47)78-68(93)53(26-20-36-75-72(74)97)80-69(94)54(38-49-40-76-52-25-18-17-24-51(49)52)79-57(86)28-19-29-61(90)102-85-58(87)34-35-59(85)88/h14-18,22-25,30-33,40,42-46,53-56,62-66,76,91H,13,19-21,26-29,34-39,41H2,1-12H3,(H,77,92)(H,78,93)(H,79,86)(H,80,94)(H,81,95)(H3,74,75,97)/t44-,45+,46+,53-,54+,55-,56+,62-,63-,64-,65+,66+/m0/s1. The van der Waals surface area contributed by atoms with Crippen LogP contribution in [-0.4, -0.2) is 197 Å². The molecule has 0 bridgehead atoms. The fourth-order valence-electron chi connectivity index (χ4n) is 13.1. The number of aliphatic hydroxyl groups is 1. The maximum atomic E-state index is 14.9. The Morgan fingerprint density at radius 3 is 2.03 bits per heavy atom. The van der Waals surface area contributed by atoms with Gasteiger partial charge in [-0.3, -0.25) is 48.1 Å². The normalized spacial score (nSPS) is 17.0. The number of benzene rings is 3. The molecule has 0 aliphatic carbocycles. The molecule has 102 heavy (non-hydrogen) atoms. The lowest BCUT2D eigenvalue weighted by molar-refractivity contribution is -0.197. The van der Waals surface area contributed by atoms with E-state index >= 15 is 0 Å². The lowest BCUT2D eigenvalue weighted by Gasteiger charge is -2.41. The average Bonchev–Trinajstić information content (AvgIpc) is 1.18. The predicted molar refractivity (Wildman–Crippen MR) is 377 cm³/mol. The molecule has 10 N–H and O–H groups in total. The zero-order valence-electron chi connectivity index (χ0n) is 60.6. The molecule has 2 saturated heterocycles. The first kappa shape index (κ1) is 81.5. The van der Waals surface area contributed by atoms with Gasteiger partial charge in [0, 0.05) is 96.3 Å². The van der Waals surface area contributed by atoms with Gasteiger partial charge in [-0.05, 0) is 91.7 Å². The molecule has 2 fully saturated rings. The Kier molecular flexibility index (Phi) is 31.2. The fourth-order valence-corrected chi connectivity index (χ4v) is 13.1. The number of primary amides is 1. The largest absolute Gasteiger partial charge is 0.445 e. The summed E-state index contributed by atoms with van der Waals surface area (Å²) in [6.45, 7) is 14.7. The van der Waals surface area contributed by atoms with Gasteiger partial charge in [-0.15, -0.1) is 5.06 Å². The van der Waals surface area contributed by atoms with Crippen LogP contribution >= 0.6 is 0 Å². The molecule has 0 radical (unpaired) electrons. The number of aromatic nitrogens is 1. The van der Waals surface area contributed by atoms with Crippen molar-refractivity contribution in [1.82, 2.24) is 51.3 Å². The number of urea groups is 1. The Bertz CT molecular complexity index is 3520. The van der Waals surface area contributed by atoms with Gasteiger partial charge in [0.15, 0.2) is 0 Å². The van der Waals surface area contributed by atoms with Gasteiger partial charge in [0.1, 0.15) is 30.8 Å². The Morgan fingerprint density at radius 1 is 0.735 bits per heavy atom. The number of nitrogens with one attached hydrogen (secondary N) is 7. The van der Waals surface area contributed by atoms with Gasteiger partial charge in [-0.1, -0.05) is 116 Å². The number of aliphatic hydroxyl groups excluding tert-OH is 1. The van der Waals surface area contributed by atoms with Gasteiger partial charge in [-0.25, -0.2) is 14.4 Å². The van der Waals surface area contributed by atoms with E-state index in [0.717, 1.165) is 15.8 Å². The van der Waals surface area contributed by atoms with E-state index < -0.39 is 138 Å². The molecule has 0 spiro atoms. The zero-order chi connectivity index (χ0) is 75.1. The zero-order valence-corrected chi connectivity index (χ0v) is 60.6. The lowest BCUT2D eigenvalue weighted by Crippen LogP contribution is -2.60. The summed E-state index contributed by atoms with van der Waals surface area (Å²) in [5.41, 5.74) is 8.18. The molecule has 558 valence electrons. The van der Waals surface area contributed by atoms with Crippen LogP contribution in [0.5, 0.6) is 0 Å². The van der Waals surface area contributed by atoms with Gasteiger partial charge in [0.05, 0.1) is 48.8 Å². The number of nitrogens with two attached hydrogens (primary N) is 1. The molecule has 2 aliphatic rings. The average molecular weight is 1420 g/mol. The molecule has 12 amide bonds. The third-order valence-corrected chi connectivity index (χ3v) is 19.0. The molecular formula is C73H104N12O17. The number of carbonyl (C=O) groups excluding carboxylic acids is 12. The minimum Gasteiger partial charge on any atom is -0.445 e. The summed E-state index contributed by atoms with van der Waals surface area (Å²) in [5.74, 6) is -7.63. The molecule has 4 aromatic rings. The highest BCUT2D eigenvalue weighted by atomic mass is 16.7. The third kappa shape index (κ3) is 22.5. The molecular weight excluding hydrogens is 1320 g/mol. The second-order valence-electron chi connectivity index (χ2n) is 27.1. The van der Waals surface area contributed by atoms with Crippen LogP contribution in [0.4, 0.5) is 15.3 Å². The van der Waals surface area contributed by atoms with Crippen molar-refractivity contribution in [2.75, 3.05) is 46.7 Å². The number of hydrogen-bond acceptors (Lipinski definition) is 17. The van der Waals surface area contributed by atoms with Crippen molar-refractivity contribution in [1.29, 1.82) is 0 Å². The summed E-state index contributed by atoms with van der Waals surface area (Å²) >= 11 is 0. The fraction of sp³-hybridized carbons (Fsp3) is 0.562. The van der Waals surface area contributed by atoms with E-state index in [1.807, 2.05) is 56.3 Å². The first-order valence-electron chi connectivity index (χ1n) is 35.0. The summed E-state index contributed by atoms with van der Waals surface area (Å²) < 4.78 is 17.8. The van der Waals surface area contributed by atoms with Gasteiger partial charge in [0.25, 0.3) is 11.8 Å². The van der Waals surface area contributed by atoms with Crippen molar-refractivity contribution >= 4 is 87.8 Å². The molecule has 3 heterocycles. The van der Waals surface area contributed by atoms with Crippen molar-refractivity contribution < 1.29 is 81.7 Å². The Labute approximate surface area is 596 Å². The Balaban J connectivity index is 1.07. The van der Waals surface area contributed by atoms with Crippen LogP contribution < -0.4 is 37.6 Å². The van der Waals surface area contributed by atoms with Gasteiger partial charge in [-0.2, -0.15) is 0 Å². The number of rotatable bonds is 38. The number of para-hydroxylation sites is 1. The first-order valence-corrected chi connectivity index (χ1v) is 35.0. The number of aromatic amines is 1. The number of carbonyl (C=O) groups is 12. The molecule has 0 unspecified atom stereocenters. The summed E-state index contributed by atoms with van der Waals surface area (Å²) in [6, 6.07) is 15.5. The predicted octanol–water partition coefficient (Wildman–Crippen LogP) is 5.44. The third-order valence-electron chi connectivity index (χ3n) is 19.0. The van der Waals surface area contributed by atoms with Crippen molar-refractivity contribution in [3.05, 3.63) is 102 Å². The van der Waals surface area contributed by atoms with Gasteiger partial charge >= 0.3 is 18.1 Å². The maximum Gasteiger partial charge on any atom is 0.410 e.